The van der Waals surface area contributed by atoms with Crippen LogP contribution in [0.25, 0.3) is 0 Å². The summed E-state index contributed by atoms with van der Waals surface area (Å²) in [6, 6.07) is 4.69. The van der Waals surface area contributed by atoms with Crippen molar-refractivity contribution in [2.24, 2.45) is 0 Å². The summed E-state index contributed by atoms with van der Waals surface area (Å²) in [6.07, 6.45) is 4.23. The summed E-state index contributed by atoms with van der Waals surface area (Å²) in [6.45, 7) is 6.60. The molecule has 1 atom stereocenters. The lowest BCUT2D eigenvalue weighted by atomic mass is 10.1. The van der Waals surface area contributed by atoms with Crippen LogP contribution < -0.4 is 5.32 Å². The van der Waals surface area contributed by atoms with E-state index in [2.05, 4.69) is 28.2 Å². The average Bonchev–Trinajstić information content (AvgIpc) is 2.82. The highest BCUT2D eigenvalue weighted by atomic mass is 35.5. The molecule has 1 aromatic rings. The molecule has 1 aliphatic heterocycles. The minimum absolute atomic E-state index is 0.587. The predicted molar refractivity (Wildman–Crippen MR) is 71.2 cm³/mol. The standard InChI is InChI=1S/C13H20ClN3/c1-2-7-17(12-4-5-15-9-12)10-11-3-6-16-13(14)8-11/h3,6,8,12,15H,2,4-5,7,9-10H2,1H3. The van der Waals surface area contributed by atoms with E-state index in [1.807, 2.05) is 6.07 Å². The minimum Gasteiger partial charge on any atom is -0.315 e. The van der Waals surface area contributed by atoms with Gasteiger partial charge >= 0.3 is 0 Å². The molecule has 4 heteroatoms. The van der Waals surface area contributed by atoms with Crippen molar-refractivity contribution < 1.29 is 0 Å². The molecule has 3 nitrogen and oxygen atoms in total. The van der Waals surface area contributed by atoms with Crippen molar-refractivity contribution in [2.45, 2.75) is 32.4 Å². The van der Waals surface area contributed by atoms with Crippen LogP contribution in [0.2, 0.25) is 5.15 Å². The van der Waals surface area contributed by atoms with Crippen molar-refractivity contribution in [3.8, 4) is 0 Å². The summed E-state index contributed by atoms with van der Waals surface area (Å²) in [5.74, 6) is 0. The highest BCUT2D eigenvalue weighted by molar-refractivity contribution is 6.29. The Balaban J connectivity index is 2.01. The molecule has 1 unspecified atom stereocenters. The number of pyridine rings is 1. The lowest BCUT2D eigenvalue weighted by Crippen LogP contribution is -2.36. The van der Waals surface area contributed by atoms with Crippen LogP contribution in [0.4, 0.5) is 0 Å². The zero-order chi connectivity index (χ0) is 12.1. The maximum absolute atomic E-state index is 5.92. The third-order valence-corrected chi connectivity index (χ3v) is 3.44. The molecule has 0 bridgehead atoms. The number of aromatic nitrogens is 1. The monoisotopic (exact) mass is 253 g/mol. The van der Waals surface area contributed by atoms with Gasteiger partial charge in [0.2, 0.25) is 0 Å². The summed E-state index contributed by atoms with van der Waals surface area (Å²) < 4.78 is 0. The van der Waals surface area contributed by atoms with Gasteiger partial charge in [0, 0.05) is 25.3 Å². The molecular weight excluding hydrogens is 234 g/mol. The van der Waals surface area contributed by atoms with E-state index >= 15 is 0 Å². The van der Waals surface area contributed by atoms with E-state index in [9.17, 15) is 0 Å². The third-order valence-electron chi connectivity index (χ3n) is 3.24. The molecule has 0 radical (unpaired) electrons. The van der Waals surface area contributed by atoms with E-state index in [1.54, 1.807) is 6.20 Å². The summed E-state index contributed by atoms with van der Waals surface area (Å²) in [7, 11) is 0. The fourth-order valence-corrected chi connectivity index (χ4v) is 2.60. The fraction of sp³-hybridized carbons (Fsp3) is 0.615. The van der Waals surface area contributed by atoms with Gasteiger partial charge < -0.3 is 5.32 Å². The van der Waals surface area contributed by atoms with Gasteiger partial charge in [-0.2, -0.15) is 0 Å². The number of nitrogens with one attached hydrogen (secondary N) is 1. The average molecular weight is 254 g/mol. The second-order valence-electron chi connectivity index (χ2n) is 4.60. The molecule has 1 fully saturated rings. The smallest absolute Gasteiger partial charge is 0.129 e. The molecule has 2 heterocycles. The second kappa shape index (κ2) is 6.34. The van der Waals surface area contributed by atoms with Gasteiger partial charge in [-0.1, -0.05) is 18.5 Å². The Morgan fingerprint density at radius 2 is 2.47 bits per heavy atom. The van der Waals surface area contributed by atoms with Gasteiger partial charge in [0.25, 0.3) is 0 Å². The first kappa shape index (κ1) is 12.8. The molecule has 1 aliphatic rings. The first-order valence-electron chi connectivity index (χ1n) is 6.35. The summed E-state index contributed by atoms with van der Waals surface area (Å²) in [5, 5.41) is 4.01. The van der Waals surface area contributed by atoms with Crippen molar-refractivity contribution in [3.05, 3.63) is 29.0 Å². The Kier molecular flexibility index (Phi) is 4.77. The Bertz CT molecular complexity index is 350. The van der Waals surface area contributed by atoms with Crippen LogP contribution in [-0.4, -0.2) is 35.6 Å². The largest absolute Gasteiger partial charge is 0.315 e. The van der Waals surface area contributed by atoms with Gasteiger partial charge in [0.1, 0.15) is 5.15 Å². The van der Waals surface area contributed by atoms with E-state index in [-0.39, 0.29) is 0 Å². The van der Waals surface area contributed by atoms with Crippen LogP contribution in [-0.2, 0) is 6.54 Å². The Morgan fingerprint density at radius 1 is 1.59 bits per heavy atom. The Hall–Kier alpha value is -0.640. The maximum atomic E-state index is 5.92. The molecule has 0 saturated carbocycles. The Morgan fingerprint density at radius 3 is 3.12 bits per heavy atom. The second-order valence-corrected chi connectivity index (χ2v) is 4.99. The van der Waals surface area contributed by atoms with Crippen molar-refractivity contribution >= 4 is 11.6 Å². The van der Waals surface area contributed by atoms with Gasteiger partial charge in [-0.25, -0.2) is 4.98 Å². The van der Waals surface area contributed by atoms with Crippen molar-refractivity contribution in [2.75, 3.05) is 19.6 Å². The van der Waals surface area contributed by atoms with E-state index in [0.29, 0.717) is 11.2 Å². The lowest BCUT2D eigenvalue weighted by molar-refractivity contribution is 0.199. The molecule has 0 spiro atoms. The van der Waals surface area contributed by atoms with Crippen molar-refractivity contribution in [1.29, 1.82) is 0 Å². The van der Waals surface area contributed by atoms with E-state index in [1.165, 1.54) is 18.4 Å². The van der Waals surface area contributed by atoms with Gasteiger partial charge in [0.15, 0.2) is 0 Å². The number of hydrogen-bond acceptors (Lipinski definition) is 3. The molecule has 94 valence electrons. The van der Waals surface area contributed by atoms with Crippen LogP contribution in [0.1, 0.15) is 25.3 Å². The number of nitrogens with zero attached hydrogens (tertiary/aromatic N) is 2. The highest BCUT2D eigenvalue weighted by Gasteiger charge is 2.21. The topological polar surface area (TPSA) is 28.2 Å². The molecule has 17 heavy (non-hydrogen) atoms. The quantitative estimate of drug-likeness (QED) is 0.817. The molecule has 0 aliphatic carbocycles. The normalized spacial score (nSPS) is 20.1. The van der Waals surface area contributed by atoms with Crippen LogP contribution in [0.15, 0.2) is 18.3 Å². The molecule has 1 aromatic heterocycles. The number of rotatable bonds is 5. The predicted octanol–water partition coefficient (Wildman–Crippen LogP) is 2.31. The SMILES string of the molecule is CCCN(Cc1ccnc(Cl)c1)C1CCNC1. The van der Waals surface area contributed by atoms with E-state index in [0.717, 1.165) is 26.2 Å². The summed E-state index contributed by atoms with van der Waals surface area (Å²) >= 11 is 5.92. The summed E-state index contributed by atoms with van der Waals surface area (Å²) in [4.78, 5) is 6.57. The van der Waals surface area contributed by atoms with Gasteiger partial charge in [0.05, 0.1) is 0 Å². The molecule has 2 rings (SSSR count). The van der Waals surface area contributed by atoms with Crippen LogP contribution in [0.5, 0.6) is 0 Å². The number of halogens is 1. The minimum atomic E-state index is 0.587. The van der Waals surface area contributed by atoms with Crippen LogP contribution in [0, 0.1) is 0 Å². The van der Waals surface area contributed by atoms with Crippen LogP contribution >= 0.6 is 11.6 Å². The fourth-order valence-electron chi connectivity index (χ4n) is 2.40. The van der Waals surface area contributed by atoms with Crippen LogP contribution in [0.3, 0.4) is 0 Å². The Labute approximate surface area is 108 Å². The van der Waals surface area contributed by atoms with E-state index in [4.69, 9.17) is 11.6 Å². The van der Waals surface area contributed by atoms with Gasteiger partial charge in [-0.15, -0.1) is 0 Å². The molecule has 1 N–H and O–H groups in total. The van der Waals surface area contributed by atoms with Gasteiger partial charge in [-0.05, 0) is 43.6 Å². The van der Waals surface area contributed by atoms with Crippen molar-refractivity contribution in [1.82, 2.24) is 15.2 Å². The molecule has 0 aromatic carbocycles. The maximum Gasteiger partial charge on any atom is 0.129 e. The zero-order valence-electron chi connectivity index (χ0n) is 10.3. The zero-order valence-corrected chi connectivity index (χ0v) is 11.1. The first-order chi connectivity index (χ1) is 8.29. The van der Waals surface area contributed by atoms with Crippen molar-refractivity contribution in [3.63, 3.8) is 0 Å². The molecule has 1 saturated heterocycles. The number of hydrogen-bond donors (Lipinski definition) is 1. The lowest BCUT2D eigenvalue weighted by Gasteiger charge is -2.28. The first-order valence-corrected chi connectivity index (χ1v) is 6.72. The third kappa shape index (κ3) is 3.66. The summed E-state index contributed by atoms with van der Waals surface area (Å²) in [5.41, 5.74) is 1.25. The molecule has 0 amide bonds. The molecular formula is C13H20ClN3. The van der Waals surface area contributed by atoms with Gasteiger partial charge in [-0.3, -0.25) is 4.90 Å². The van der Waals surface area contributed by atoms with E-state index < -0.39 is 0 Å². The highest BCUT2D eigenvalue weighted by Crippen LogP contribution is 2.15.